The Bertz CT molecular complexity index is 1700. The fraction of sp³-hybridized carbons (Fsp3) is 0.242. The second-order valence-corrected chi connectivity index (χ2v) is 11.5. The maximum atomic E-state index is 15.1. The summed E-state index contributed by atoms with van der Waals surface area (Å²) in [5.41, 5.74) is 1.39. The van der Waals surface area contributed by atoms with Crippen LogP contribution in [0.4, 0.5) is 36.9 Å². The quantitative estimate of drug-likeness (QED) is 0.208. The number of hydrogen-bond donors (Lipinski definition) is 0. The van der Waals surface area contributed by atoms with Gasteiger partial charge in [0.15, 0.2) is 0 Å². The van der Waals surface area contributed by atoms with E-state index >= 15 is 4.39 Å². The summed E-state index contributed by atoms with van der Waals surface area (Å²) in [5.74, 6) is 0.766. The van der Waals surface area contributed by atoms with Gasteiger partial charge in [-0.3, -0.25) is 14.7 Å². The highest BCUT2D eigenvalue weighted by molar-refractivity contribution is 6.31. The number of anilines is 4. The van der Waals surface area contributed by atoms with E-state index in [-0.39, 0.29) is 29.6 Å². The number of amides is 3. The van der Waals surface area contributed by atoms with Gasteiger partial charge in [0.05, 0.1) is 50.1 Å². The number of rotatable bonds is 7. The summed E-state index contributed by atoms with van der Waals surface area (Å²) < 4.78 is 31.8. The molecular formula is C33H32ClFN4O5. The average Bonchev–Trinajstić information content (AvgIpc) is 3.00. The number of methoxy groups -OCH3 is 2. The number of nitrogens with zero attached hydrogens (tertiary/aromatic N) is 4. The predicted octanol–water partition coefficient (Wildman–Crippen LogP) is 8.11. The molecule has 1 aliphatic rings. The van der Waals surface area contributed by atoms with Crippen LogP contribution in [0.2, 0.25) is 5.02 Å². The smallest absolute Gasteiger partial charge is 0.416 e. The number of carbonyl (C=O) groups is 2. The van der Waals surface area contributed by atoms with Gasteiger partial charge in [-0.25, -0.2) is 19.0 Å². The van der Waals surface area contributed by atoms with Crippen LogP contribution in [0.1, 0.15) is 32.0 Å². The Morgan fingerprint density at radius 1 is 0.977 bits per heavy atom. The molecule has 3 amide bonds. The first-order chi connectivity index (χ1) is 21.0. The van der Waals surface area contributed by atoms with Crippen LogP contribution in [-0.4, -0.2) is 36.9 Å². The van der Waals surface area contributed by atoms with Gasteiger partial charge in [0.25, 0.3) is 0 Å². The minimum absolute atomic E-state index is 0.00764. The molecule has 0 atom stereocenters. The standard InChI is InChI=1S/C33H32ClFN4O5/c1-33(2,3)44-32(41)38(19-21-11-13-24(42-4)18-29(21)43-5)30-16-15-27-26(36-30)20-37(28-17-22(34)12-14-25(28)35)31(40)39(27)23-9-7-6-8-10-23/h6-18H,19-20H2,1-5H3. The van der Waals surface area contributed by atoms with E-state index < -0.39 is 23.5 Å². The first kappa shape index (κ1) is 30.6. The summed E-state index contributed by atoms with van der Waals surface area (Å²) in [7, 11) is 3.09. The number of ether oxygens (including phenoxy) is 3. The van der Waals surface area contributed by atoms with Crippen molar-refractivity contribution in [3.63, 3.8) is 0 Å². The summed E-state index contributed by atoms with van der Waals surface area (Å²) in [6, 6.07) is 21.2. The maximum Gasteiger partial charge on any atom is 0.416 e. The highest BCUT2D eigenvalue weighted by Gasteiger charge is 2.36. The topological polar surface area (TPSA) is 84.4 Å². The Morgan fingerprint density at radius 2 is 1.73 bits per heavy atom. The minimum Gasteiger partial charge on any atom is -0.497 e. The molecule has 0 unspecified atom stereocenters. The molecule has 0 radical (unpaired) electrons. The molecule has 11 heteroatoms. The number of carbonyl (C=O) groups excluding carboxylic acids is 2. The van der Waals surface area contributed by atoms with E-state index in [0.29, 0.717) is 34.1 Å². The van der Waals surface area contributed by atoms with Crippen LogP contribution in [0.3, 0.4) is 0 Å². The number of pyridine rings is 1. The van der Waals surface area contributed by atoms with E-state index in [9.17, 15) is 9.59 Å². The lowest BCUT2D eigenvalue weighted by Gasteiger charge is -2.37. The van der Waals surface area contributed by atoms with E-state index in [1.807, 2.05) is 6.07 Å². The molecular weight excluding hydrogens is 587 g/mol. The van der Waals surface area contributed by atoms with Crippen LogP contribution in [0, 0.1) is 5.82 Å². The zero-order chi connectivity index (χ0) is 31.6. The second-order valence-electron chi connectivity index (χ2n) is 11.0. The molecule has 9 nitrogen and oxygen atoms in total. The molecule has 0 aliphatic carbocycles. The molecule has 44 heavy (non-hydrogen) atoms. The first-order valence-electron chi connectivity index (χ1n) is 13.8. The van der Waals surface area contributed by atoms with Gasteiger partial charge in [-0.15, -0.1) is 0 Å². The molecule has 2 heterocycles. The van der Waals surface area contributed by atoms with Gasteiger partial charge in [0.1, 0.15) is 28.7 Å². The third kappa shape index (κ3) is 6.40. The largest absolute Gasteiger partial charge is 0.497 e. The Hall–Kier alpha value is -4.83. The van der Waals surface area contributed by atoms with Crippen molar-refractivity contribution in [3.8, 4) is 11.5 Å². The van der Waals surface area contributed by atoms with Gasteiger partial charge in [-0.2, -0.15) is 0 Å². The monoisotopic (exact) mass is 618 g/mol. The zero-order valence-corrected chi connectivity index (χ0v) is 25.8. The molecule has 228 valence electrons. The SMILES string of the molecule is COc1ccc(CN(C(=O)OC(C)(C)C)c2ccc3c(n2)CN(c2cc(Cl)ccc2F)C(=O)N3c2ccccc2)c(OC)c1. The third-order valence-electron chi connectivity index (χ3n) is 6.83. The highest BCUT2D eigenvalue weighted by Crippen LogP contribution is 2.39. The maximum absolute atomic E-state index is 15.1. The van der Waals surface area contributed by atoms with Crippen molar-refractivity contribution in [2.75, 3.05) is 28.9 Å². The number of aromatic nitrogens is 1. The third-order valence-corrected chi connectivity index (χ3v) is 7.07. The lowest BCUT2D eigenvalue weighted by molar-refractivity contribution is 0.0576. The first-order valence-corrected chi connectivity index (χ1v) is 14.2. The number of hydrogen-bond acceptors (Lipinski definition) is 6. The lowest BCUT2D eigenvalue weighted by Crippen LogP contribution is -2.46. The van der Waals surface area contributed by atoms with E-state index in [2.05, 4.69) is 0 Å². The summed E-state index contributed by atoms with van der Waals surface area (Å²) in [6.45, 7) is 5.31. The van der Waals surface area contributed by atoms with Gasteiger partial charge in [0, 0.05) is 16.7 Å². The number of halogens is 2. The van der Waals surface area contributed by atoms with Gasteiger partial charge in [-0.1, -0.05) is 29.8 Å². The Labute approximate surface area is 260 Å². The molecule has 5 rings (SSSR count). The second kappa shape index (κ2) is 12.4. The van der Waals surface area contributed by atoms with E-state index in [0.717, 1.165) is 0 Å². The number of para-hydroxylation sites is 1. The summed E-state index contributed by atoms with van der Waals surface area (Å²) >= 11 is 6.20. The van der Waals surface area contributed by atoms with Gasteiger partial charge in [0.2, 0.25) is 0 Å². The molecule has 0 saturated heterocycles. The van der Waals surface area contributed by atoms with Crippen LogP contribution in [-0.2, 0) is 17.8 Å². The van der Waals surface area contributed by atoms with Crippen molar-refractivity contribution in [1.82, 2.24) is 4.98 Å². The Kier molecular flexibility index (Phi) is 8.64. The predicted molar refractivity (Wildman–Crippen MR) is 168 cm³/mol. The number of benzene rings is 3. The number of fused-ring (bicyclic) bond motifs is 1. The molecule has 0 fully saturated rings. The van der Waals surface area contributed by atoms with Gasteiger partial charge < -0.3 is 14.2 Å². The molecule has 0 saturated carbocycles. The molecule has 3 aromatic carbocycles. The van der Waals surface area contributed by atoms with Crippen molar-refractivity contribution in [3.05, 3.63) is 101 Å². The zero-order valence-electron chi connectivity index (χ0n) is 25.0. The highest BCUT2D eigenvalue weighted by atomic mass is 35.5. The fourth-order valence-corrected chi connectivity index (χ4v) is 4.98. The van der Waals surface area contributed by atoms with E-state index in [4.69, 9.17) is 30.8 Å². The van der Waals surface area contributed by atoms with Crippen LogP contribution in [0.5, 0.6) is 11.5 Å². The summed E-state index contributed by atoms with van der Waals surface area (Å²) in [6.07, 6.45) is -0.632. The van der Waals surface area contributed by atoms with E-state index in [1.165, 1.54) is 40.0 Å². The average molecular weight is 619 g/mol. The van der Waals surface area contributed by atoms with Crippen molar-refractivity contribution in [1.29, 1.82) is 0 Å². The van der Waals surface area contributed by atoms with Crippen LogP contribution in [0.25, 0.3) is 0 Å². The van der Waals surface area contributed by atoms with Crippen molar-refractivity contribution < 1.29 is 28.2 Å². The molecule has 1 aromatic heterocycles. The summed E-state index contributed by atoms with van der Waals surface area (Å²) in [5, 5.41) is 0.275. The van der Waals surface area contributed by atoms with Crippen molar-refractivity contribution in [2.24, 2.45) is 0 Å². The lowest BCUT2D eigenvalue weighted by atomic mass is 10.1. The van der Waals surface area contributed by atoms with Crippen LogP contribution >= 0.6 is 11.6 Å². The Balaban J connectivity index is 1.63. The molecule has 1 aliphatic heterocycles. The molecule has 0 bridgehead atoms. The number of urea groups is 1. The van der Waals surface area contributed by atoms with Crippen LogP contribution < -0.4 is 24.2 Å². The molecule has 0 spiro atoms. The minimum atomic E-state index is -0.787. The van der Waals surface area contributed by atoms with Gasteiger partial charge in [-0.05, 0) is 75.4 Å². The Morgan fingerprint density at radius 3 is 2.41 bits per heavy atom. The molecule has 0 N–H and O–H groups in total. The van der Waals surface area contributed by atoms with E-state index in [1.54, 1.807) is 82.5 Å². The van der Waals surface area contributed by atoms with Gasteiger partial charge >= 0.3 is 12.1 Å². The fourth-order valence-electron chi connectivity index (χ4n) is 4.81. The normalized spacial score (nSPS) is 12.9. The van der Waals surface area contributed by atoms with Crippen LogP contribution in [0.15, 0.2) is 78.9 Å². The van der Waals surface area contributed by atoms with Crippen molar-refractivity contribution in [2.45, 2.75) is 39.5 Å². The summed E-state index contributed by atoms with van der Waals surface area (Å²) in [4.78, 5) is 36.5. The van der Waals surface area contributed by atoms with Crippen molar-refractivity contribution >= 4 is 46.6 Å². The molecule has 4 aromatic rings.